The first-order valence-electron chi connectivity index (χ1n) is 9.13. The summed E-state index contributed by atoms with van der Waals surface area (Å²) in [6.45, 7) is 2.43. The van der Waals surface area contributed by atoms with Gasteiger partial charge in [0.25, 0.3) is 5.91 Å². The van der Waals surface area contributed by atoms with Crippen LogP contribution in [0.3, 0.4) is 0 Å². The Bertz CT molecular complexity index is 874. The summed E-state index contributed by atoms with van der Waals surface area (Å²) in [5.74, 6) is -0.549. The van der Waals surface area contributed by atoms with Gasteiger partial charge in [0.15, 0.2) is 0 Å². The minimum atomic E-state index is -0.448. The number of nitrogens with zero attached hydrogens (tertiary/aromatic N) is 1. The molecule has 26 heavy (non-hydrogen) atoms. The van der Waals surface area contributed by atoms with Gasteiger partial charge in [0.1, 0.15) is 5.00 Å². The molecule has 0 fully saturated rings. The van der Waals surface area contributed by atoms with Gasteiger partial charge in [-0.25, -0.2) is 0 Å². The Morgan fingerprint density at radius 2 is 2.08 bits per heavy atom. The first-order valence-corrected chi connectivity index (χ1v) is 9.95. The van der Waals surface area contributed by atoms with E-state index in [1.807, 2.05) is 12.1 Å². The van der Waals surface area contributed by atoms with Crippen LogP contribution in [0.25, 0.3) is 0 Å². The molecule has 1 aromatic carbocycles. The zero-order valence-electron chi connectivity index (χ0n) is 14.9. The Hall–Kier alpha value is -2.34. The molecule has 2 aliphatic rings. The number of nitrogens with two attached hydrogens (primary N) is 1. The third-order valence-corrected chi connectivity index (χ3v) is 6.61. The molecule has 1 aliphatic carbocycles. The van der Waals surface area contributed by atoms with Crippen LogP contribution in [0.15, 0.2) is 24.3 Å². The molecule has 0 spiro atoms. The molecule has 1 aromatic heterocycles. The number of primary amides is 1. The lowest BCUT2D eigenvalue weighted by molar-refractivity contribution is -0.115. The highest BCUT2D eigenvalue weighted by Gasteiger charge is 2.28. The van der Waals surface area contributed by atoms with Crippen molar-refractivity contribution in [2.45, 2.75) is 45.1 Å². The van der Waals surface area contributed by atoms with E-state index in [1.54, 1.807) is 0 Å². The molecule has 2 heterocycles. The molecule has 0 bridgehead atoms. The number of anilines is 2. The summed E-state index contributed by atoms with van der Waals surface area (Å²) in [4.78, 5) is 28.0. The Balaban J connectivity index is 1.54. The van der Waals surface area contributed by atoms with Crippen LogP contribution in [-0.2, 0) is 24.1 Å². The molecule has 6 heteroatoms. The molecular formula is C20H23N3O2S. The highest BCUT2D eigenvalue weighted by atomic mass is 32.1. The van der Waals surface area contributed by atoms with Crippen molar-refractivity contribution in [1.82, 2.24) is 0 Å². The molecule has 0 radical (unpaired) electrons. The molecule has 0 saturated carbocycles. The number of fused-ring (bicyclic) bond motifs is 2. The molecule has 2 amide bonds. The van der Waals surface area contributed by atoms with Crippen LogP contribution in [0.4, 0.5) is 10.7 Å². The van der Waals surface area contributed by atoms with E-state index >= 15 is 0 Å². The lowest BCUT2D eigenvalue weighted by Gasteiger charge is -2.36. The number of para-hydroxylation sites is 1. The maximum absolute atomic E-state index is 12.7. The van der Waals surface area contributed by atoms with Crippen LogP contribution < -0.4 is 16.0 Å². The first kappa shape index (κ1) is 17.1. The number of benzene rings is 1. The average molecular weight is 369 g/mol. The van der Waals surface area contributed by atoms with Gasteiger partial charge in [-0.05, 0) is 56.2 Å². The summed E-state index contributed by atoms with van der Waals surface area (Å²) >= 11 is 1.50. The van der Waals surface area contributed by atoms with E-state index < -0.39 is 5.91 Å². The molecule has 1 atom stereocenters. The van der Waals surface area contributed by atoms with Crippen LogP contribution in [0, 0.1) is 0 Å². The third kappa shape index (κ3) is 2.98. The zero-order valence-corrected chi connectivity index (χ0v) is 15.7. The number of rotatable bonds is 4. The summed E-state index contributed by atoms with van der Waals surface area (Å²) in [5.41, 5.74) is 9.55. The van der Waals surface area contributed by atoms with Gasteiger partial charge in [0.2, 0.25) is 5.91 Å². The quantitative estimate of drug-likeness (QED) is 0.869. The topological polar surface area (TPSA) is 75.4 Å². The number of hydrogen-bond acceptors (Lipinski definition) is 4. The fourth-order valence-corrected chi connectivity index (χ4v) is 5.39. The maximum atomic E-state index is 12.7. The lowest BCUT2D eigenvalue weighted by atomic mass is 9.96. The second-order valence-electron chi connectivity index (χ2n) is 7.12. The lowest BCUT2D eigenvalue weighted by Crippen LogP contribution is -2.42. The van der Waals surface area contributed by atoms with E-state index in [4.69, 9.17) is 5.73 Å². The van der Waals surface area contributed by atoms with Crippen LogP contribution in [0.2, 0.25) is 0 Å². The number of aryl methyl sites for hydroxylation is 2. The van der Waals surface area contributed by atoms with Gasteiger partial charge in [-0.3, -0.25) is 9.59 Å². The Morgan fingerprint density at radius 1 is 1.27 bits per heavy atom. The minimum absolute atomic E-state index is 0.101. The smallest absolute Gasteiger partial charge is 0.251 e. The van der Waals surface area contributed by atoms with Crippen molar-refractivity contribution in [2.75, 3.05) is 16.8 Å². The number of thiophene rings is 1. The largest absolute Gasteiger partial charge is 0.365 e. The second-order valence-corrected chi connectivity index (χ2v) is 8.22. The van der Waals surface area contributed by atoms with Gasteiger partial charge in [-0.1, -0.05) is 18.2 Å². The van der Waals surface area contributed by atoms with E-state index in [1.165, 1.54) is 21.8 Å². The Labute approximate surface area is 157 Å². The van der Waals surface area contributed by atoms with Gasteiger partial charge in [-0.15, -0.1) is 11.3 Å². The van der Waals surface area contributed by atoms with Crippen molar-refractivity contribution in [2.24, 2.45) is 5.73 Å². The molecule has 3 N–H and O–H groups in total. The zero-order chi connectivity index (χ0) is 18.3. The van der Waals surface area contributed by atoms with Gasteiger partial charge >= 0.3 is 0 Å². The summed E-state index contributed by atoms with van der Waals surface area (Å²) in [5, 5.41) is 3.57. The maximum Gasteiger partial charge on any atom is 0.251 e. The van der Waals surface area contributed by atoms with E-state index in [0.717, 1.165) is 43.4 Å². The van der Waals surface area contributed by atoms with Gasteiger partial charge in [-0.2, -0.15) is 0 Å². The summed E-state index contributed by atoms with van der Waals surface area (Å²) in [6.07, 6.45) is 4.96. The molecule has 4 rings (SSSR count). The summed E-state index contributed by atoms with van der Waals surface area (Å²) < 4.78 is 0. The number of nitrogens with one attached hydrogen (secondary N) is 1. The van der Waals surface area contributed by atoms with Crippen LogP contribution >= 0.6 is 11.3 Å². The van der Waals surface area contributed by atoms with Gasteiger partial charge < -0.3 is 16.0 Å². The molecule has 1 aliphatic heterocycles. The predicted octanol–water partition coefficient (Wildman–Crippen LogP) is 3.12. The highest BCUT2D eigenvalue weighted by Crippen LogP contribution is 2.39. The summed E-state index contributed by atoms with van der Waals surface area (Å²) in [6, 6.07) is 8.56. The van der Waals surface area contributed by atoms with E-state index in [0.29, 0.717) is 16.6 Å². The molecular weight excluding hydrogens is 346 g/mol. The molecule has 0 saturated heterocycles. The van der Waals surface area contributed by atoms with Crippen LogP contribution in [-0.4, -0.2) is 24.4 Å². The van der Waals surface area contributed by atoms with Crippen LogP contribution in [0.1, 0.15) is 46.1 Å². The molecule has 136 valence electrons. The van der Waals surface area contributed by atoms with Crippen molar-refractivity contribution in [3.8, 4) is 0 Å². The first-order chi connectivity index (χ1) is 12.5. The molecule has 5 nitrogen and oxygen atoms in total. The van der Waals surface area contributed by atoms with Gasteiger partial charge in [0.05, 0.1) is 12.1 Å². The summed E-state index contributed by atoms with van der Waals surface area (Å²) in [7, 11) is 0. The van der Waals surface area contributed by atoms with Crippen molar-refractivity contribution in [3.63, 3.8) is 0 Å². The number of amides is 2. The minimum Gasteiger partial charge on any atom is -0.365 e. The van der Waals surface area contributed by atoms with Crippen LogP contribution in [0.5, 0.6) is 0 Å². The molecule has 2 aromatic rings. The highest BCUT2D eigenvalue weighted by molar-refractivity contribution is 7.17. The van der Waals surface area contributed by atoms with Crippen molar-refractivity contribution in [3.05, 3.63) is 45.8 Å². The third-order valence-electron chi connectivity index (χ3n) is 5.40. The Kier molecular flexibility index (Phi) is 4.44. The Morgan fingerprint density at radius 3 is 2.88 bits per heavy atom. The van der Waals surface area contributed by atoms with Crippen molar-refractivity contribution in [1.29, 1.82) is 0 Å². The normalized spacial score (nSPS) is 18.3. The number of hydrogen-bond donors (Lipinski definition) is 2. The second kappa shape index (κ2) is 6.76. The monoisotopic (exact) mass is 369 g/mol. The van der Waals surface area contributed by atoms with Crippen molar-refractivity contribution < 1.29 is 9.59 Å². The fraction of sp³-hybridized carbons (Fsp3) is 0.400. The SMILES string of the molecule is C[C@H]1CCc2ccccc2N1CC(=O)Nc1sc2c(c1C(N)=O)CCC2. The van der Waals surface area contributed by atoms with E-state index in [9.17, 15) is 9.59 Å². The van der Waals surface area contributed by atoms with Crippen molar-refractivity contribution >= 4 is 33.8 Å². The number of carbonyl (C=O) groups excluding carboxylic acids is 2. The fourth-order valence-electron chi connectivity index (χ4n) is 4.07. The van der Waals surface area contributed by atoms with E-state index in [2.05, 4.69) is 29.3 Å². The predicted molar refractivity (Wildman–Crippen MR) is 105 cm³/mol. The standard InChI is InChI=1S/C20H23N3O2S/c1-12-9-10-13-5-2-3-7-15(13)23(12)11-17(24)22-20-18(19(21)25)14-6-4-8-16(14)26-20/h2-3,5,7,12H,4,6,8-11H2,1H3,(H2,21,25)(H,22,24)/t12-/m0/s1. The average Bonchev–Trinajstić information content (AvgIpc) is 3.17. The molecule has 0 unspecified atom stereocenters. The number of carbonyl (C=O) groups is 2. The van der Waals surface area contributed by atoms with E-state index in [-0.39, 0.29) is 12.5 Å². The van der Waals surface area contributed by atoms with Gasteiger partial charge in [0, 0.05) is 16.6 Å².